The van der Waals surface area contributed by atoms with E-state index in [1.54, 1.807) is 12.1 Å². The van der Waals surface area contributed by atoms with E-state index in [9.17, 15) is 17.8 Å². The molecule has 2 rings (SSSR count). The van der Waals surface area contributed by atoms with Crippen LogP contribution in [-0.2, 0) is 21.3 Å². The molecule has 1 aromatic rings. The molecule has 0 heterocycles. The third kappa shape index (κ3) is 5.71. The van der Waals surface area contributed by atoms with Crippen molar-refractivity contribution < 1.29 is 22.5 Å². The lowest BCUT2D eigenvalue weighted by Gasteiger charge is -2.11. The number of nitrogens with one attached hydrogen (secondary N) is 1. The van der Waals surface area contributed by atoms with Gasteiger partial charge in [0.1, 0.15) is 11.5 Å². The van der Waals surface area contributed by atoms with Crippen molar-refractivity contribution in [2.75, 3.05) is 5.75 Å². The molecule has 1 saturated carbocycles. The lowest BCUT2D eigenvalue weighted by molar-refractivity contribution is -0.119. The van der Waals surface area contributed by atoms with Crippen molar-refractivity contribution in [1.82, 2.24) is 5.32 Å². The Hall–Kier alpha value is -1.50. The van der Waals surface area contributed by atoms with Crippen LogP contribution in [0.4, 0.5) is 8.78 Å². The molecule has 4 nitrogen and oxygen atoms in total. The third-order valence-corrected chi connectivity index (χ3v) is 4.73. The molecule has 1 N–H and O–H groups in total. The summed E-state index contributed by atoms with van der Waals surface area (Å²) in [6, 6.07) is 6.17. The molecule has 0 aromatic heterocycles. The summed E-state index contributed by atoms with van der Waals surface area (Å²) >= 11 is 0. The van der Waals surface area contributed by atoms with E-state index in [0.29, 0.717) is 5.56 Å². The number of hydrogen-bond acceptors (Lipinski definition) is 3. The lowest BCUT2D eigenvalue weighted by atomic mass is 10.2. The minimum Gasteiger partial charge on any atom is -0.435 e. The van der Waals surface area contributed by atoms with Gasteiger partial charge in [-0.1, -0.05) is 25.0 Å². The van der Waals surface area contributed by atoms with Crippen molar-refractivity contribution in [2.24, 2.45) is 0 Å². The molecule has 1 amide bonds. The number of amides is 1. The summed E-state index contributed by atoms with van der Waals surface area (Å²) in [7, 11) is -1.32. The van der Waals surface area contributed by atoms with Crippen LogP contribution in [0.25, 0.3) is 0 Å². The SMILES string of the molecule is O=C(C[S@](=O)Cc1ccc(OC(F)F)cc1)NC1CCCC1. The molecule has 122 valence electrons. The van der Waals surface area contributed by atoms with Gasteiger partial charge in [0.2, 0.25) is 5.91 Å². The molecular weight excluding hydrogens is 312 g/mol. The average molecular weight is 331 g/mol. The summed E-state index contributed by atoms with van der Waals surface area (Å²) in [5.41, 5.74) is 0.716. The minimum absolute atomic E-state index is 0.0359. The third-order valence-electron chi connectivity index (χ3n) is 3.49. The van der Waals surface area contributed by atoms with E-state index in [0.717, 1.165) is 25.7 Å². The Kier molecular flexibility index (Phi) is 6.30. The van der Waals surface area contributed by atoms with Crippen molar-refractivity contribution in [3.05, 3.63) is 29.8 Å². The molecule has 1 aromatic carbocycles. The van der Waals surface area contributed by atoms with E-state index >= 15 is 0 Å². The molecule has 1 fully saturated rings. The number of hydrogen-bond donors (Lipinski definition) is 1. The van der Waals surface area contributed by atoms with Crippen molar-refractivity contribution in [1.29, 1.82) is 0 Å². The fourth-order valence-corrected chi connectivity index (χ4v) is 3.53. The topological polar surface area (TPSA) is 55.4 Å². The van der Waals surface area contributed by atoms with Gasteiger partial charge in [0, 0.05) is 22.6 Å². The van der Waals surface area contributed by atoms with Crippen LogP contribution in [0.3, 0.4) is 0 Å². The maximum atomic E-state index is 12.0. The molecule has 0 radical (unpaired) electrons. The van der Waals surface area contributed by atoms with Crippen molar-refractivity contribution in [3.63, 3.8) is 0 Å². The predicted octanol–water partition coefficient (Wildman–Crippen LogP) is 2.60. The molecule has 0 saturated heterocycles. The number of rotatable bonds is 7. The number of alkyl halides is 2. The van der Waals surface area contributed by atoms with Crippen LogP contribution >= 0.6 is 0 Å². The molecule has 0 bridgehead atoms. The second-order valence-electron chi connectivity index (χ2n) is 5.30. The van der Waals surface area contributed by atoms with E-state index in [1.165, 1.54) is 12.1 Å². The molecule has 1 aliphatic rings. The van der Waals surface area contributed by atoms with Gasteiger partial charge in [-0.3, -0.25) is 9.00 Å². The highest BCUT2D eigenvalue weighted by molar-refractivity contribution is 7.84. The van der Waals surface area contributed by atoms with E-state index in [1.807, 2.05) is 0 Å². The Balaban J connectivity index is 1.77. The molecule has 0 spiro atoms. The van der Waals surface area contributed by atoms with Crippen LogP contribution < -0.4 is 10.1 Å². The number of carbonyl (C=O) groups is 1. The highest BCUT2D eigenvalue weighted by atomic mass is 32.2. The first-order valence-electron chi connectivity index (χ1n) is 7.21. The smallest absolute Gasteiger partial charge is 0.387 e. The zero-order valence-corrected chi connectivity index (χ0v) is 12.9. The van der Waals surface area contributed by atoms with E-state index in [4.69, 9.17) is 0 Å². The summed E-state index contributed by atoms with van der Waals surface area (Å²) < 4.78 is 40.3. The van der Waals surface area contributed by atoms with Gasteiger partial charge in [0.05, 0.1) is 0 Å². The zero-order valence-electron chi connectivity index (χ0n) is 12.1. The van der Waals surface area contributed by atoms with Gasteiger partial charge in [-0.15, -0.1) is 0 Å². The highest BCUT2D eigenvalue weighted by Gasteiger charge is 2.18. The Morgan fingerprint density at radius 1 is 1.27 bits per heavy atom. The van der Waals surface area contributed by atoms with Crippen molar-refractivity contribution in [3.8, 4) is 5.75 Å². The molecular formula is C15H19F2NO3S. The Morgan fingerprint density at radius 2 is 1.91 bits per heavy atom. The first-order valence-corrected chi connectivity index (χ1v) is 8.70. The van der Waals surface area contributed by atoms with E-state index < -0.39 is 17.4 Å². The monoisotopic (exact) mass is 331 g/mol. The van der Waals surface area contributed by atoms with Gasteiger partial charge >= 0.3 is 6.61 Å². The standard InChI is InChI=1S/C15H19F2NO3S/c16-15(17)21-13-7-5-11(6-8-13)9-22(20)10-14(19)18-12-3-1-2-4-12/h5-8,12,15H,1-4,9-10H2,(H,18,19)/t22-/m1/s1. The minimum atomic E-state index is -2.86. The number of benzene rings is 1. The number of halogens is 2. The molecule has 1 aliphatic carbocycles. The fourth-order valence-electron chi connectivity index (χ4n) is 2.49. The summed E-state index contributed by atoms with van der Waals surface area (Å²) in [6.45, 7) is -2.86. The highest BCUT2D eigenvalue weighted by Crippen LogP contribution is 2.18. The first kappa shape index (κ1) is 16.9. The Bertz CT molecular complexity index is 516. The van der Waals surface area contributed by atoms with Crippen LogP contribution in [0.15, 0.2) is 24.3 Å². The molecule has 7 heteroatoms. The zero-order chi connectivity index (χ0) is 15.9. The molecule has 0 unspecified atom stereocenters. The van der Waals surface area contributed by atoms with E-state index in [2.05, 4.69) is 10.1 Å². The van der Waals surface area contributed by atoms with Crippen LogP contribution in [0.5, 0.6) is 5.75 Å². The van der Waals surface area contributed by atoms with Gasteiger partial charge in [0.25, 0.3) is 0 Å². The van der Waals surface area contributed by atoms with E-state index in [-0.39, 0.29) is 29.2 Å². The predicted molar refractivity (Wildman–Crippen MR) is 80.2 cm³/mol. The Labute approximate surface area is 130 Å². The Morgan fingerprint density at radius 3 is 2.50 bits per heavy atom. The van der Waals surface area contributed by atoms with Crippen molar-refractivity contribution in [2.45, 2.75) is 44.1 Å². The van der Waals surface area contributed by atoms with Gasteiger partial charge in [-0.2, -0.15) is 8.78 Å². The van der Waals surface area contributed by atoms with Crippen LogP contribution in [0, 0.1) is 0 Å². The largest absolute Gasteiger partial charge is 0.435 e. The van der Waals surface area contributed by atoms with Gasteiger partial charge in [-0.05, 0) is 30.5 Å². The summed E-state index contributed by atoms with van der Waals surface area (Å²) in [6.07, 6.45) is 4.23. The van der Waals surface area contributed by atoms with Gasteiger partial charge < -0.3 is 10.1 Å². The summed E-state index contributed by atoms with van der Waals surface area (Å²) in [5, 5.41) is 2.89. The quantitative estimate of drug-likeness (QED) is 0.835. The van der Waals surface area contributed by atoms with Crippen LogP contribution in [-0.4, -0.2) is 28.5 Å². The average Bonchev–Trinajstić information content (AvgIpc) is 2.93. The normalized spacial score (nSPS) is 16.7. The molecule has 1 atom stereocenters. The first-order chi connectivity index (χ1) is 10.5. The van der Waals surface area contributed by atoms with Gasteiger partial charge in [-0.25, -0.2) is 0 Å². The summed E-state index contributed by atoms with van der Waals surface area (Å²) in [4.78, 5) is 11.8. The molecule has 22 heavy (non-hydrogen) atoms. The fraction of sp³-hybridized carbons (Fsp3) is 0.533. The molecule has 0 aliphatic heterocycles. The maximum absolute atomic E-state index is 12.0. The number of ether oxygens (including phenoxy) is 1. The second-order valence-corrected chi connectivity index (χ2v) is 6.76. The van der Waals surface area contributed by atoms with Crippen LogP contribution in [0.2, 0.25) is 0 Å². The number of carbonyl (C=O) groups excluding carboxylic acids is 1. The lowest BCUT2D eigenvalue weighted by Crippen LogP contribution is -2.35. The van der Waals surface area contributed by atoms with Crippen LogP contribution in [0.1, 0.15) is 31.2 Å². The maximum Gasteiger partial charge on any atom is 0.387 e. The second kappa shape index (κ2) is 8.22. The summed E-state index contributed by atoms with van der Waals surface area (Å²) in [5.74, 6) is 0.0464. The van der Waals surface area contributed by atoms with Crippen molar-refractivity contribution >= 4 is 16.7 Å². The van der Waals surface area contributed by atoms with Gasteiger partial charge in [0.15, 0.2) is 0 Å².